The highest BCUT2D eigenvalue weighted by molar-refractivity contribution is 6.30. The summed E-state index contributed by atoms with van der Waals surface area (Å²) in [4.78, 5) is 27.0. The molecule has 0 atom stereocenters. The summed E-state index contributed by atoms with van der Waals surface area (Å²) in [6, 6.07) is 14.7. The van der Waals surface area contributed by atoms with Crippen LogP contribution in [-0.4, -0.2) is 29.8 Å². The predicted molar refractivity (Wildman–Crippen MR) is 105 cm³/mol. The Labute approximate surface area is 159 Å². The van der Waals surface area contributed by atoms with Crippen LogP contribution in [-0.2, 0) is 11.2 Å². The largest absolute Gasteiger partial charge is 0.339 e. The molecule has 3 rings (SSSR count). The number of nitrogens with one attached hydrogen (secondary N) is 1. The Morgan fingerprint density at radius 2 is 1.65 bits per heavy atom. The number of hydrogen-bond acceptors (Lipinski definition) is 2. The van der Waals surface area contributed by atoms with Gasteiger partial charge in [0.2, 0.25) is 5.91 Å². The van der Waals surface area contributed by atoms with Crippen molar-refractivity contribution in [3.8, 4) is 0 Å². The first-order valence-corrected chi connectivity index (χ1v) is 9.44. The molecule has 0 saturated carbocycles. The standard InChI is InChI=1S/C21H23ClN2O2/c22-17-11-8-16(9-12-17)10-13-20(25)23-19-7-3-2-6-18(19)21(26)24-14-4-1-5-15-24/h2-3,6-9,11-12H,1,4-5,10,13-15H2,(H,23,25). The van der Waals surface area contributed by atoms with Crippen LogP contribution < -0.4 is 5.32 Å². The summed E-state index contributed by atoms with van der Waals surface area (Å²) in [5.74, 6) is -0.0999. The van der Waals surface area contributed by atoms with Crippen LogP contribution in [0.1, 0.15) is 41.6 Å². The highest BCUT2D eigenvalue weighted by Gasteiger charge is 2.21. The fourth-order valence-corrected chi connectivity index (χ4v) is 3.29. The van der Waals surface area contributed by atoms with Gasteiger partial charge in [-0.25, -0.2) is 0 Å². The molecule has 2 amide bonds. The van der Waals surface area contributed by atoms with Gasteiger partial charge in [0.05, 0.1) is 11.3 Å². The van der Waals surface area contributed by atoms with Gasteiger partial charge in [-0.1, -0.05) is 35.9 Å². The van der Waals surface area contributed by atoms with Crippen LogP contribution in [0.5, 0.6) is 0 Å². The highest BCUT2D eigenvalue weighted by atomic mass is 35.5. The third kappa shape index (κ3) is 4.85. The molecule has 1 N–H and O–H groups in total. The molecule has 1 fully saturated rings. The maximum absolute atomic E-state index is 12.8. The molecule has 0 spiro atoms. The van der Waals surface area contributed by atoms with Gasteiger partial charge in [0.25, 0.3) is 5.91 Å². The van der Waals surface area contributed by atoms with Crippen LogP contribution >= 0.6 is 11.6 Å². The molecule has 5 heteroatoms. The number of hydrogen-bond donors (Lipinski definition) is 1. The van der Waals surface area contributed by atoms with E-state index in [4.69, 9.17) is 11.6 Å². The molecule has 2 aromatic carbocycles. The molecule has 136 valence electrons. The second kappa shape index (κ2) is 8.86. The number of para-hydroxylation sites is 1. The number of halogens is 1. The lowest BCUT2D eigenvalue weighted by molar-refractivity contribution is -0.116. The summed E-state index contributed by atoms with van der Waals surface area (Å²) in [5.41, 5.74) is 2.21. The Balaban J connectivity index is 1.62. The van der Waals surface area contributed by atoms with E-state index < -0.39 is 0 Å². The molecule has 1 aliphatic heterocycles. The molecule has 4 nitrogen and oxygen atoms in total. The van der Waals surface area contributed by atoms with Gasteiger partial charge >= 0.3 is 0 Å². The second-order valence-corrected chi connectivity index (χ2v) is 7.01. The van der Waals surface area contributed by atoms with Gasteiger partial charge in [0.1, 0.15) is 0 Å². The average Bonchev–Trinajstić information content (AvgIpc) is 2.68. The first-order valence-electron chi connectivity index (χ1n) is 9.06. The van der Waals surface area contributed by atoms with Crippen molar-refractivity contribution in [1.82, 2.24) is 4.90 Å². The number of carbonyl (C=O) groups is 2. The first-order chi connectivity index (χ1) is 12.6. The summed E-state index contributed by atoms with van der Waals surface area (Å²) in [6.07, 6.45) is 4.24. The zero-order valence-corrected chi connectivity index (χ0v) is 15.5. The van der Waals surface area contributed by atoms with Gasteiger partial charge < -0.3 is 10.2 Å². The summed E-state index contributed by atoms with van der Waals surface area (Å²) in [6.45, 7) is 1.58. The molecule has 1 saturated heterocycles. The van der Waals surface area contributed by atoms with Crippen LogP contribution in [0.25, 0.3) is 0 Å². The van der Waals surface area contributed by atoms with E-state index in [1.807, 2.05) is 41.3 Å². The fraction of sp³-hybridized carbons (Fsp3) is 0.333. The lowest BCUT2D eigenvalue weighted by Gasteiger charge is -2.27. The molecule has 0 unspecified atom stereocenters. The minimum Gasteiger partial charge on any atom is -0.339 e. The summed E-state index contributed by atoms with van der Waals surface area (Å²) < 4.78 is 0. The number of piperidine rings is 1. The minimum absolute atomic E-state index is 0.00157. The van der Waals surface area contributed by atoms with E-state index >= 15 is 0 Å². The van der Waals surface area contributed by atoms with Gasteiger partial charge in [0.15, 0.2) is 0 Å². The Morgan fingerprint density at radius 1 is 0.962 bits per heavy atom. The maximum atomic E-state index is 12.8. The van der Waals surface area contributed by atoms with Gasteiger partial charge in [-0.3, -0.25) is 9.59 Å². The normalized spacial score (nSPS) is 14.1. The summed E-state index contributed by atoms with van der Waals surface area (Å²) in [5, 5.41) is 3.58. The molecule has 1 aliphatic rings. The van der Waals surface area contributed by atoms with Crippen molar-refractivity contribution in [2.45, 2.75) is 32.1 Å². The van der Waals surface area contributed by atoms with E-state index in [0.29, 0.717) is 29.1 Å². The van der Waals surface area contributed by atoms with Gasteiger partial charge in [-0.15, -0.1) is 0 Å². The van der Waals surface area contributed by atoms with Crippen molar-refractivity contribution < 1.29 is 9.59 Å². The van der Waals surface area contributed by atoms with Gasteiger partial charge in [-0.05, 0) is 55.5 Å². The number of aryl methyl sites for hydroxylation is 1. The number of anilines is 1. The molecule has 0 aromatic heterocycles. The number of nitrogens with zero attached hydrogens (tertiary/aromatic N) is 1. The lowest BCUT2D eigenvalue weighted by atomic mass is 10.1. The SMILES string of the molecule is O=C(CCc1ccc(Cl)cc1)Nc1ccccc1C(=O)N1CCCCC1. The van der Waals surface area contributed by atoms with Gasteiger partial charge in [0, 0.05) is 24.5 Å². The van der Waals surface area contributed by atoms with E-state index in [1.54, 1.807) is 12.1 Å². The number of likely N-dealkylation sites (tertiary alicyclic amines) is 1. The van der Waals surface area contributed by atoms with E-state index in [2.05, 4.69) is 5.32 Å². The van der Waals surface area contributed by atoms with Crippen LogP contribution in [0.4, 0.5) is 5.69 Å². The number of carbonyl (C=O) groups excluding carboxylic acids is 2. The summed E-state index contributed by atoms with van der Waals surface area (Å²) >= 11 is 5.88. The van der Waals surface area contributed by atoms with Crippen molar-refractivity contribution in [3.63, 3.8) is 0 Å². The molecule has 0 aliphatic carbocycles. The Bertz CT molecular complexity index is 768. The number of amides is 2. The summed E-state index contributed by atoms with van der Waals surface area (Å²) in [7, 11) is 0. The molecular formula is C21H23ClN2O2. The molecule has 26 heavy (non-hydrogen) atoms. The Morgan fingerprint density at radius 3 is 2.38 bits per heavy atom. The van der Waals surface area contributed by atoms with Crippen molar-refractivity contribution in [2.24, 2.45) is 0 Å². The maximum Gasteiger partial charge on any atom is 0.255 e. The Hall–Kier alpha value is -2.33. The quantitative estimate of drug-likeness (QED) is 0.840. The van der Waals surface area contributed by atoms with Crippen molar-refractivity contribution in [2.75, 3.05) is 18.4 Å². The topological polar surface area (TPSA) is 49.4 Å². The molecule has 0 bridgehead atoms. The van der Waals surface area contributed by atoms with E-state index in [1.165, 1.54) is 6.42 Å². The van der Waals surface area contributed by atoms with E-state index in [-0.39, 0.29) is 11.8 Å². The first kappa shape index (κ1) is 18.5. The average molecular weight is 371 g/mol. The van der Waals surface area contributed by atoms with Crippen LogP contribution in [0, 0.1) is 0 Å². The van der Waals surface area contributed by atoms with Crippen molar-refractivity contribution in [1.29, 1.82) is 0 Å². The second-order valence-electron chi connectivity index (χ2n) is 6.57. The monoisotopic (exact) mass is 370 g/mol. The van der Waals surface area contributed by atoms with Gasteiger partial charge in [-0.2, -0.15) is 0 Å². The fourth-order valence-electron chi connectivity index (χ4n) is 3.17. The number of benzene rings is 2. The van der Waals surface area contributed by atoms with Crippen LogP contribution in [0.15, 0.2) is 48.5 Å². The molecule has 0 radical (unpaired) electrons. The van der Waals surface area contributed by atoms with Crippen LogP contribution in [0.3, 0.4) is 0 Å². The predicted octanol–water partition coefficient (Wildman–Crippen LogP) is 4.54. The highest BCUT2D eigenvalue weighted by Crippen LogP contribution is 2.20. The molecule has 1 heterocycles. The van der Waals surface area contributed by atoms with Crippen LogP contribution in [0.2, 0.25) is 5.02 Å². The zero-order valence-electron chi connectivity index (χ0n) is 14.7. The zero-order chi connectivity index (χ0) is 18.4. The van der Waals surface area contributed by atoms with E-state index in [0.717, 1.165) is 31.5 Å². The third-order valence-corrected chi connectivity index (χ3v) is 4.88. The smallest absolute Gasteiger partial charge is 0.255 e. The van der Waals surface area contributed by atoms with Crippen molar-refractivity contribution in [3.05, 3.63) is 64.7 Å². The molecular weight excluding hydrogens is 348 g/mol. The lowest BCUT2D eigenvalue weighted by Crippen LogP contribution is -2.36. The number of rotatable bonds is 5. The van der Waals surface area contributed by atoms with E-state index in [9.17, 15) is 9.59 Å². The minimum atomic E-state index is -0.0983. The molecule has 2 aromatic rings. The van der Waals surface area contributed by atoms with Crippen molar-refractivity contribution >= 4 is 29.1 Å². The Kier molecular flexibility index (Phi) is 6.29. The third-order valence-electron chi connectivity index (χ3n) is 4.63.